The van der Waals surface area contributed by atoms with Crippen LogP contribution in [0.1, 0.15) is 71.6 Å². The molecule has 5 heteroatoms. The van der Waals surface area contributed by atoms with Crippen LogP contribution in [0.3, 0.4) is 0 Å². The molecule has 1 fully saturated rings. The number of esters is 1. The number of unbranched alkanes of at least 4 members (excludes halogenated alkanes) is 3. The summed E-state index contributed by atoms with van der Waals surface area (Å²) in [5.41, 5.74) is -0.950. The average molecular weight is 407 g/mol. The van der Waals surface area contributed by atoms with Gasteiger partial charge in [0.05, 0.1) is 5.60 Å². The molecular weight excluding hydrogens is 368 g/mol. The summed E-state index contributed by atoms with van der Waals surface area (Å²) in [4.78, 5) is 24.0. The number of ketones is 1. The van der Waals surface area contributed by atoms with Crippen LogP contribution in [0, 0.1) is 11.8 Å². The highest BCUT2D eigenvalue weighted by atomic mass is 16.5. The second kappa shape index (κ2) is 13.5. The fourth-order valence-corrected chi connectivity index (χ4v) is 3.77. The molecule has 1 saturated carbocycles. The predicted molar refractivity (Wildman–Crippen MR) is 115 cm³/mol. The third-order valence-electron chi connectivity index (χ3n) is 5.54. The van der Waals surface area contributed by atoms with Gasteiger partial charge in [-0.05, 0) is 38.5 Å². The molecule has 1 rings (SSSR count). The largest absolute Gasteiger partial charge is 0.461 e. The number of rotatable bonds is 14. The highest BCUT2D eigenvalue weighted by Gasteiger charge is 2.42. The quantitative estimate of drug-likeness (QED) is 0.255. The Kier molecular flexibility index (Phi) is 11.8. The standard InChI is InChI=1S/C24H38O5/c1-4-6-15-24(28,5-2)16-12-14-21-20(13-10-8-7-9-11-17-25)22(27)18-23(21)29-19(3)26/h5,8,10,12,14,20-21,23,25,28H,2,4,6-7,9,11,13,15-18H2,1,3H3/b10-8-,14-12+/t20-,21-,23-,24?/m1/s1. The summed E-state index contributed by atoms with van der Waals surface area (Å²) >= 11 is 0. The minimum Gasteiger partial charge on any atom is -0.461 e. The first-order valence-electron chi connectivity index (χ1n) is 10.8. The van der Waals surface area contributed by atoms with E-state index in [9.17, 15) is 14.7 Å². The molecule has 29 heavy (non-hydrogen) atoms. The lowest BCUT2D eigenvalue weighted by Gasteiger charge is -2.24. The zero-order valence-corrected chi connectivity index (χ0v) is 18.0. The van der Waals surface area contributed by atoms with Crippen LogP contribution < -0.4 is 0 Å². The van der Waals surface area contributed by atoms with Gasteiger partial charge in [0.2, 0.25) is 0 Å². The van der Waals surface area contributed by atoms with Gasteiger partial charge in [0.15, 0.2) is 0 Å². The van der Waals surface area contributed by atoms with Crippen LogP contribution in [0.4, 0.5) is 0 Å². The molecule has 0 amide bonds. The number of carbonyl (C=O) groups is 2. The zero-order chi connectivity index (χ0) is 21.7. The Hall–Kier alpha value is -1.72. The van der Waals surface area contributed by atoms with E-state index in [4.69, 9.17) is 9.84 Å². The maximum Gasteiger partial charge on any atom is 0.302 e. The molecule has 0 aliphatic heterocycles. The van der Waals surface area contributed by atoms with Gasteiger partial charge in [0.1, 0.15) is 11.9 Å². The van der Waals surface area contributed by atoms with Crippen molar-refractivity contribution >= 4 is 11.8 Å². The molecule has 0 radical (unpaired) electrons. The Balaban J connectivity index is 2.81. The van der Waals surface area contributed by atoms with Crippen LogP contribution >= 0.6 is 0 Å². The van der Waals surface area contributed by atoms with Crippen LogP contribution in [0.15, 0.2) is 37.0 Å². The summed E-state index contributed by atoms with van der Waals surface area (Å²) in [6.07, 6.45) is 15.4. The first kappa shape index (κ1) is 25.3. The summed E-state index contributed by atoms with van der Waals surface area (Å²) in [6.45, 7) is 7.39. The molecule has 0 aromatic rings. The van der Waals surface area contributed by atoms with E-state index in [1.54, 1.807) is 6.08 Å². The smallest absolute Gasteiger partial charge is 0.302 e. The van der Waals surface area contributed by atoms with Crippen LogP contribution in [-0.4, -0.2) is 40.3 Å². The molecule has 5 nitrogen and oxygen atoms in total. The van der Waals surface area contributed by atoms with E-state index in [2.05, 4.69) is 13.5 Å². The monoisotopic (exact) mass is 406 g/mol. The number of aliphatic hydroxyl groups excluding tert-OH is 1. The maximum absolute atomic E-state index is 12.5. The highest BCUT2D eigenvalue weighted by molar-refractivity contribution is 5.85. The molecular formula is C24H38O5. The van der Waals surface area contributed by atoms with Gasteiger partial charge < -0.3 is 14.9 Å². The van der Waals surface area contributed by atoms with E-state index in [0.717, 1.165) is 32.1 Å². The van der Waals surface area contributed by atoms with Gasteiger partial charge in [0.25, 0.3) is 0 Å². The lowest BCUT2D eigenvalue weighted by molar-refractivity contribution is -0.147. The summed E-state index contributed by atoms with van der Waals surface area (Å²) in [5, 5.41) is 19.5. The second-order valence-corrected chi connectivity index (χ2v) is 7.97. The molecule has 1 aliphatic carbocycles. The number of hydrogen-bond donors (Lipinski definition) is 2. The lowest BCUT2D eigenvalue weighted by Crippen LogP contribution is -2.25. The fourth-order valence-electron chi connectivity index (χ4n) is 3.77. The molecule has 0 bridgehead atoms. The number of allylic oxidation sites excluding steroid dienone is 2. The maximum atomic E-state index is 12.5. The average Bonchev–Trinajstić information content (AvgIpc) is 2.96. The van der Waals surface area contributed by atoms with Crippen LogP contribution in [0.2, 0.25) is 0 Å². The fraction of sp³-hybridized carbons (Fsp3) is 0.667. The van der Waals surface area contributed by atoms with Crippen LogP contribution in [-0.2, 0) is 14.3 Å². The number of Topliss-reactive ketones (excluding diaryl/α,β-unsaturated/α-hetero) is 1. The molecule has 4 atom stereocenters. The first-order valence-corrected chi connectivity index (χ1v) is 10.8. The van der Waals surface area contributed by atoms with Gasteiger partial charge in [-0.3, -0.25) is 9.59 Å². The number of hydrogen-bond acceptors (Lipinski definition) is 5. The van der Waals surface area contributed by atoms with E-state index >= 15 is 0 Å². The van der Waals surface area contributed by atoms with Gasteiger partial charge in [-0.2, -0.15) is 0 Å². The van der Waals surface area contributed by atoms with Crippen molar-refractivity contribution < 1.29 is 24.5 Å². The number of aliphatic hydroxyl groups is 2. The van der Waals surface area contributed by atoms with Crippen molar-refractivity contribution in [1.29, 1.82) is 0 Å². The predicted octanol–water partition coefficient (Wildman–Crippen LogP) is 4.29. The van der Waals surface area contributed by atoms with E-state index in [1.807, 2.05) is 24.3 Å². The number of ether oxygens (including phenoxy) is 1. The summed E-state index contributed by atoms with van der Waals surface area (Å²) in [7, 11) is 0. The van der Waals surface area contributed by atoms with Gasteiger partial charge in [0, 0.05) is 31.8 Å². The van der Waals surface area contributed by atoms with E-state index in [-0.39, 0.29) is 36.6 Å². The molecule has 0 aromatic carbocycles. The summed E-state index contributed by atoms with van der Waals surface area (Å²) in [5.74, 6) is -0.686. The van der Waals surface area contributed by atoms with Crippen molar-refractivity contribution in [1.82, 2.24) is 0 Å². The molecule has 0 aromatic heterocycles. The summed E-state index contributed by atoms with van der Waals surface area (Å²) < 4.78 is 5.41. The second-order valence-electron chi connectivity index (χ2n) is 7.97. The zero-order valence-electron chi connectivity index (χ0n) is 18.0. The minimum absolute atomic E-state index is 0.107. The minimum atomic E-state index is -0.950. The van der Waals surface area contributed by atoms with Crippen molar-refractivity contribution in [2.45, 2.75) is 83.3 Å². The van der Waals surface area contributed by atoms with Crippen LogP contribution in [0.25, 0.3) is 0 Å². The van der Waals surface area contributed by atoms with Gasteiger partial charge in [-0.15, -0.1) is 6.58 Å². The molecule has 0 saturated heterocycles. The van der Waals surface area contributed by atoms with Gasteiger partial charge >= 0.3 is 5.97 Å². The Morgan fingerprint density at radius 3 is 2.66 bits per heavy atom. The van der Waals surface area contributed by atoms with E-state index in [0.29, 0.717) is 19.3 Å². The lowest BCUT2D eigenvalue weighted by atomic mass is 9.88. The molecule has 0 spiro atoms. The van der Waals surface area contributed by atoms with E-state index in [1.165, 1.54) is 6.92 Å². The van der Waals surface area contributed by atoms with Crippen molar-refractivity contribution in [2.24, 2.45) is 11.8 Å². The normalized spacial score (nSPS) is 24.3. The topological polar surface area (TPSA) is 83.8 Å². The summed E-state index contributed by atoms with van der Waals surface area (Å²) in [6, 6.07) is 0. The molecule has 1 unspecified atom stereocenters. The van der Waals surface area contributed by atoms with Crippen molar-refractivity contribution in [3.05, 3.63) is 37.0 Å². The van der Waals surface area contributed by atoms with Gasteiger partial charge in [-0.25, -0.2) is 0 Å². The number of carbonyl (C=O) groups excluding carboxylic acids is 2. The highest BCUT2D eigenvalue weighted by Crippen LogP contribution is 2.36. The van der Waals surface area contributed by atoms with E-state index < -0.39 is 11.7 Å². The molecule has 2 N–H and O–H groups in total. The third kappa shape index (κ3) is 9.09. The van der Waals surface area contributed by atoms with Crippen molar-refractivity contribution in [3.63, 3.8) is 0 Å². The van der Waals surface area contributed by atoms with Crippen LogP contribution in [0.5, 0.6) is 0 Å². The molecule has 0 heterocycles. The Morgan fingerprint density at radius 2 is 2.03 bits per heavy atom. The first-order chi connectivity index (χ1) is 13.9. The van der Waals surface area contributed by atoms with Gasteiger partial charge in [-0.1, -0.05) is 50.1 Å². The molecule has 1 aliphatic rings. The Bertz CT molecular complexity index is 580. The molecule has 164 valence electrons. The Labute approximate surface area is 175 Å². The van der Waals surface area contributed by atoms with Crippen molar-refractivity contribution in [2.75, 3.05) is 6.61 Å². The Morgan fingerprint density at radius 1 is 1.28 bits per heavy atom. The SMILES string of the molecule is C=CC(O)(C/C=C/[C@H]1[C@H](OC(C)=O)CC(=O)[C@@H]1C/C=C\CCCCO)CCCC. The van der Waals surface area contributed by atoms with Crippen molar-refractivity contribution in [3.8, 4) is 0 Å². The third-order valence-corrected chi connectivity index (χ3v) is 5.54.